The molecular formula is C17H22N2O3S. The second kappa shape index (κ2) is 7.97. The third kappa shape index (κ3) is 4.01. The lowest BCUT2D eigenvalue weighted by Crippen LogP contribution is -2.45. The van der Waals surface area contributed by atoms with Crippen LogP contribution in [0.2, 0.25) is 0 Å². The highest BCUT2D eigenvalue weighted by Gasteiger charge is 2.31. The van der Waals surface area contributed by atoms with Crippen LogP contribution in [-0.4, -0.2) is 24.8 Å². The zero-order valence-corrected chi connectivity index (χ0v) is 14.5. The van der Waals surface area contributed by atoms with Gasteiger partial charge in [0, 0.05) is 5.70 Å². The topological polar surface area (TPSA) is 59.6 Å². The molecule has 23 heavy (non-hydrogen) atoms. The number of esters is 1. The Labute approximate surface area is 142 Å². The maximum absolute atomic E-state index is 12.5. The lowest BCUT2D eigenvalue weighted by molar-refractivity contribution is -0.139. The van der Waals surface area contributed by atoms with Gasteiger partial charge in [-0.2, -0.15) is 0 Å². The molecule has 1 aromatic carbocycles. The molecule has 1 aliphatic heterocycles. The van der Waals surface area contributed by atoms with Gasteiger partial charge in [0.1, 0.15) is 5.75 Å². The second-order valence-corrected chi connectivity index (χ2v) is 5.58. The van der Waals surface area contributed by atoms with E-state index in [1.54, 1.807) is 14.0 Å². The molecule has 0 saturated heterocycles. The molecule has 0 amide bonds. The third-order valence-corrected chi connectivity index (χ3v) is 3.82. The normalized spacial score (nSPS) is 17.3. The molecule has 1 aliphatic rings. The number of nitrogens with one attached hydrogen (secondary N) is 2. The highest BCUT2D eigenvalue weighted by atomic mass is 32.1. The molecule has 0 saturated carbocycles. The van der Waals surface area contributed by atoms with E-state index >= 15 is 0 Å². The Morgan fingerprint density at radius 2 is 1.96 bits per heavy atom. The fraction of sp³-hybridized carbons (Fsp3) is 0.412. The maximum atomic E-state index is 12.5. The maximum Gasteiger partial charge on any atom is 0.338 e. The predicted octanol–water partition coefficient (Wildman–Crippen LogP) is 2.83. The first-order chi connectivity index (χ1) is 11.1. The van der Waals surface area contributed by atoms with Crippen molar-refractivity contribution in [1.29, 1.82) is 0 Å². The van der Waals surface area contributed by atoms with Crippen LogP contribution in [0, 0.1) is 0 Å². The highest BCUT2D eigenvalue weighted by Crippen LogP contribution is 2.30. The number of allylic oxidation sites excluding steroid dienone is 1. The Morgan fingerprint density at radius 3 is 2.52 bits per heavy atom. The van der Waals surface area contributed by atoms with Crippen LogP contribution in [-0.2, 0) is 9.53 Å². The predicted molar refractivity (Wildman–Crippen MR) is 93.2 cm³/mol. The van der Waals surface area contributed by atoms with Crippen molar-refractivity contribution in [2.24, 2.45) is 0 Å². The number of hydrogen-bond donors (Lipinski definition) is 2. The third-order valence-electron chi connectivity index (χ3n) is 3.60. The van der Waals surface area contributed by atoms with Crippen molar-refractivity contribution in [3.05, 3.63) is 41.1 Å². The van der Waals surface area contributed by atoms with Gasteiger partial charge in [-0.05, 0) is 43.3 Å². The second-order valence-electron chi connectivity index (χ2n) is 5.17. The summed E-state index contributed by atoms with van der Waals surface area (Å²) >= 11 is 5.29. The smallest absolute Gasteiger partial charge is 0.338 e. The Balaban J connectivity index is 2.45. The number of thiocarbonyl (C=S) groups is 1. The van der Waals surface area contributed by atoms with Crippen molar-refractivity contribution in [3.63, 3.8) is 0 Å². The van der Waals surface area contributed by atoms with Crippen LogP contribution in [0.3, 0.4) is 0 Å². The average molecular weight is 334 g/mol. The molecule has 1 aromatic rings. The van der Waals surface area contributed by atoms with Gasteiger partial charge in [0.2, 0.25) is 0 Å². The summed E-state index contributed by atoms with van der Waals surface area (Å²) in [6, 6.07) is 7.25. The van der Waals surface area contributed by atoms with Crippen molar-refractivity contribution in [2.45, 2.75) is 32.7 Å². The molecule has 124 valence electrons. The van der Waals surface area contributed by atoms with Crippen LogP contribution >= 0.6 is 12.2 Å². The van der Waals surface area contributed by atoms with Gasteiger partial charge in [0.15, 0.2) is 5.11 Å². The van der Waals surface area contributed by atoms with E-state index in [4.69, 9.17) is 21.7 Å². The summed E-state index contributed by atoms with van der Waals surface area (Å²) in [5.41, 5.74) is 2.36. The van der Waals surface area contributed by atoms with Gasteiger partial charge < -0.3 is 20.1 Å². The summed E-state index contributed by atoms with van der Waals surface area (Å²) in [6.45, 7) is 4.20. The molecule has 0 radical (unpaired) electrons. The summed E-state index contributed by atoms with van der Waals surface area (Å²) in [5.74, 6) is 0.444. The SMILES string of the molecule is CCCC1=C(C(=O)OCC)[C@@H](c2ccc(OC)cc2)NC(=S)N1. The molecule has 2 N–H and O–H groups in total. The summed E-state index contributed by atoms with van der Waals surface area (Å²) < 4.78 is 10.4. The zero-order valence-electron chi connectivity index (χ0n) is 13.6. The molecule has 1 atom stereocenters. The van der Waals surface area contributed by atoms with Crippen LogP contribution in [0.25, 0.3) is 0 Å². The highest BCUT2D eigenvalue weighted by molar-refractivity contribution is 7.80. The van der Waals surface area contributed by atoms with Gasteiger partial charge in [-0.25, -0.2) is 4.79 Å². The fourth-order valence-corrected chi connectivity index (χ4v) is 2.80. The number of benzene rings is 1. The quantitative estimate of drug-likeness (QED) is 0.616. The average Bonchev–Trinajstić information content (AvgIpc) is 2.55. The van der Waals surface area contributed by atoms with Crippen molar-refractivity contribution < 1.29 is 14.3 Å². The van der Waals surface area contributed by atoms with Crippen LogP contribution < -0.4 is 15.4 Å². The number of hydrogen-bond acceptors (Lipinski definition) is 4. The number of carbonyl (C=O) groups is 1. The van der Waals surface area contributed by atoms with Gasteiger partial charge in [-0.15, -0.1) is 0 Å². The largest absolute Gasteiger partial charge is 0.497 e. The minimum absolute atomic E-state index is 0.320. The van der Waals surface area contributed by atoms with E-state index in [2.05, 4.69) is 17.6 Å². The molecule has 0 bridgehead atoms. The minimum atomic E-state index is -0.324. The van der Waals surface area contributed by atoms with Gasteiger partial charge in [-0.3, -0.25) is 0 Å². The molecule has 1 heterocycles. The fourth-order valence-electron chi connectivity index (χ4n) is 2.56. The van der Waals surface area contributed by atoms with E-state index < -0.39 is 0 Å². The molecule has 6 heteroatoms. The number of ether oxygens (including phenoxy) is 2. The van der Waals surface area contributed by atoms with Crippen LogP contribution in [0.5, 0.6) is 5.75 Å². The van der Waals surface area contributed by atoms with Crippen molar-refractivity contribution in [1.82, 2.24) is 10.6 Å². The molecule has 0 unspecified atom stereocenters. The summed E-state index contributed by atoms with van der Waals surface area (Å²) in [5, 5.41) is 6.79. The van der Waals surface area contributed by atoms with Crippen molar-refractivity contribution in [2.75, 3.05) is 13.7 Å². The standard InChI is InChI=1S/C17H22N2O3S/c1-4-6-13-14(16(20)22-5-2)15(19-17(23)18-13)11-7-9-12(21-3)10-8-11/h7-10,15H,4-6H2,1-3H3,(H2,18,19,23)/t15-/m1/s1. The number of rotatable bonds is 6. The Bertz CT molecular complexity index is 611. The molecule has 0 fully saturated rings. The molecular weight excluding hydrogens is 312 g/mol. The first-order valence-corrected chi connectivity index (χ1v) is 8.13. The Morgan fingerprint density at radius 1 is 1.26 bits per heavy atom. The molecule has 0 aliphatic carbocycles. The van der Waals surface area contributed by atoms with Gasteiger partial charge in [0.25, 0.3) is 0 Å². The van der Waals surface area contributed by atoms with E-state index in [1.807, 2.05) is 24.3 Å². The van der Waals surface area contributed by atoms with Crippen molar-refractivity contribution in [3.8, 4) is 5.75 Å². The first-order valence-electron chi connectivity index (χ1n) is 7.72. The zero-order chi connectivity index (χ0) is 16.8. The van der Waals surface area contributed by atoms with Crippen molar-refractivity contribution >= 4 is 23.3 Å². The Kier molecular flexibility index (Phi) is 5.98. The van der Waals surface area contributed by atoms with Gasteiger partial charge in [-0.1, -0.05) is 25.5 Å². The van der Waals surface area contributed by atoms with E-state index in [0.29, 0.717) is 17.3 Å². The Hall–Kier alpha value is -2.08. The monoisotopic (exact) mass is 334 g/mol. The van der Waals surface area contributed by atoms with Crippen LogP contribution in [0.15, 0.2) is 35.5 Å². The summed E-state index contributed by atoms with van der Waals surface area (Å²) in [7, 11) is 1.62. The minimum Gasteiger partial charge on any atom is -0.497 e. The summed E-state index contributed by atoms with van der Waals surface area (Å²) in [6.07, 6.45) is 1.64. The van der Waals surface area contributed by atoms with Gasteiger partial charge >= 0.3 is 5.97 Å². The molecule has 0 spiro atoms. The number of carbonyl (C=O) groups excluding carboxylic acids is 1. The van der Waals surface area contributed by atoms with E-state index in [0.717, 1.165) is 29.9 Å². The van der Waals surface area contributed by atoms with E-state index in [9.17, 15) is 4.79 Å². The van der Waals surface area contributed by atoms with Crippen LogP contribution in [0.1, 0.15) is 38.3 Å². The van der Waals surface area contributed by atoms with E-state index in [-0.39, 0.29) is 12.0 Å². The number of methoxy groups -OCH3 is 1. The molecule has 0 aromatic heterocycles. The van der Waals surface area contributed by atoms with Crippen LogP contribution in [0.4, 0.5) is 0 Å². The summed E-state index contributed by atoms with van der Waals surface area (Å²) in [4.78, 5) is 12.5. The van der Waals surface area contributed by atoms with E-state index in [1.165, 1.54) is 0 Å². The molecule has 2 rings (SSSR count). The lowest BCUT2D eigenvalue weighted by Gasteiger charge is -2.31. The first kappa shape index (κ1) is 17.3. The lowest BCUT2D eigenvalue weighted by atomic mass is 9.94. The van der Waals surface area contributed by atoms with Gasteiger partial charge in [0.05, 0.1) is 25.3 Å². The molecule has 5 nitrogen and oxygen atoms in total.